The SMILES string of the molecule is C=C[N+](=CN(C)c1ccc(OCC)cc1)CCCC. The Kier molecular flexibility index (Phi) is 6.72. The van der Waals surface area contributed by atoms with Gasteiger partial charge in [0.25, 0.3) is 0 Å². The number of hydrogen-bond acceptors (Lipinski definition) is 1. The number of anilines is 1. The lowest BCUT2D eigenvalue weighted by molar-refractivity contribution is -0.453. The maximum Gasteiger partial charge on any atom is 0.243 e. The molecular weight excluding hydrogens is 236 g/mol. The van der Waals surface area contributed by atoms with Gasteiger partial charge < -0.3 is 4.74 Å². The van der Waals surface area contributed by atoms with Crippen LogP contribution in [0.5, 0.6) is 5.75 Å². The van der Waals surface area contributed by atoms with E-state index >= 15 is 0 Å². The van der Waals surface area contributed by atoms with Crippen LogP contribution in [0.25, 0.3) is 0 Å². The van der Waals surface area contributed by atoms with E-state index in [-0.39, 0.29) is 0 Å². The maximum absolute atomic E-state index is 5.44. The van der Waals surface area contributed by atoms with Crippen molar-refractivity contribution in [2.24, 2.45) is 0 Å². The van der Waals surface area contributed by atoms with E-state index in [1.807, 2.05) is 32.3 Å². The van der Waals surface area contributed by atoms with Crippen LogP contribution in [0.1, 0.15) is 26.7 Å². The van der Waals surface area contributed by atoms with Crippen LogP contribution in [-0.2, 0) is 0 Å². The Balaban J connectivity index is 2.72. The Morgan fingerprint density at radius 1 is 1.26 bits per heavy atom. The van der Waals surface area contributed by atoms with Crippen LogP contribution in [-0.4, -0.2) is 31.1 Å². The van der Waals surface area contributed by atoms with Gasteiger partial charge in [0.1, 0.15) is 11.4 Å². The molecule has 1 aromatic carbocycles. The quantitative estimate of drug-likeness (QED) is 0.404. The van der Waals surface area contributed by atoms with Crippen molar-refractivity contribution in [2.45, 2.75) is 26.7 Å². The van der Waals surface area contributed by atoms with Gasteiger partial charge >= 0.3 is 0 Å². The van der Waals surface area contributed by atoms with Crippen molar-refractivity contribution in [3.63, 3.8) is 0 Å². The zero-order valence-corrected chi connectivity index (χ0v) is 12.3. The van der Waals surface area contributed by atoms with Crippen molar-refractivity contribution < 1.29 is 9.31 Å². The van der Waals surface area contributed by atoms with Crippen LogP contribution in [0.15, 0.2) is 37.0 Å². The highest BCUT2D eigenvalue weighted by Crippen LogP contribution is 2.17. The molecule has 19 heavy (non-hydrogen) atoms. The molecule has 104 valence electrons. The molecule has 3 heteroatoms. The standard InChI is InChI=1S/C16H25N2O/c1-5-8-13-18(6-2)14-17(4)15-9-11-16(12-10-15)19-7-3/h6,9-12,14H,2,5,7-8,13H2,1,3-4H3/q+1. The lowest BCUT2D eigenvalue weighted by Gasteiger charge is -2.10. The molecule has 0 amide bonds. The molecule has 0 unspecified atom stereocenters. The molecule has 1 aromatic rings. The minimum atomic E-state index is 0.697. The third-order valence-electron chi connectivity index (χ3n) is 2.88. The molecule has 1 rings (SSSR count). The zero-order chi connectivity index (χ0) is 14.1. The summed E-state index contributed by atoms with van der Waals surface area (Å²) in [6.45, 7) is 9.73. The van der Waals surface area contributed by atoms with Gasteiger partial charge in [0, 0.05) is 0 Å². The Morgan fingerprint density at radius 3 is 2.47 bits per heavy atom. The first-order valence-electron chi connectivity index (χ1n) is 6.90. The van der Waals surface area contributed by atoms with E-state index < -0.39 is 0 Å². The fraction of sp³-hybridized carbons (Fsp3) is 0.438. The van der Waals surface area contributed by atoms with Crippen LogP contribution in [0.2, 0.25) is 0 Å². The summed E-state index contributed by atoms with van der Waals surface area (Å²) in [5.74, 6) is 0.909. The highest BCUT2D eigenvalue weighted by Gasteiger charge is 2.06. The van der Waals surface area contributed by atoms with Crippen molar-refractivity contribution in [1.82, 2.24) is 0 Å². The van der Waals surface area contributed by atoms with Crippen LogP contribution in [0.4, 0.5) is 5.69 Å². The van der Waals surface area contributed by atoms with E-state index in [0.717, 1.165) is 18.0 Å². The van der Waals surface area contributed by atoms with E-state index in [2.05, 4.69) is 41.4 Å². The summed E-state index contributed by atoms with van der Waals surface area (Å²) >= 11 is 0. The first kappa shape index (κ1) is 15.3. The van der Waals surface area contributed by atoms with Crippen molar-refractivity contribution in [3.8, 4) is 5.75 Å². The van der Waals surface area contributed by atoms with Gasteiger partial charge in [-0.2, -0.15) is 0 Å². The zero-order valence-electron chi connectivity index (χ0n) is 12.3. The summed E-state index contributed by atoms with van der Waals surface area (Å²) in [6, 6.07) is 8.10. The number of benzene rings is 1. The molecule has 0 aliphatic rings. The van der Waals surface area contributed by atoms with Crippen molar-refractivity contribution >= 4 is 12.0 Å². The molecule has 0 N–H and O–H groups in total. The summed E-state index contributed by atoms with van der Waals surface area (Å²) in [7, 11) is 2.04. The second kappa shape index (κ2) is 8.35. The van der Waals surface area contributed by atoms with Crippen LogP contribution in [0.3, 0.4) is 0 Å². The number of hydrogen-bond donors (Lipinski definition) is 0. The summed E-state index contributed by atoms with van der Waals surface area (Å²) in [6.07, 6.45) is 6.28. The minimum absolute atomic E-state index is 0.697. The monoisotopic (exact) mass is 261 g/mol. The maximum atomic E-state index is 5.44. The molecule has 0 bridgehead atoms. The van der Waals surface area contributed by atoms with E-state index in [0.29, 0.717) is 6.61 Å². The van der Waals surface area contributed by atoms with E-state index in [9.17, 15) is 0 Å². The Morgan fingerprint density at radius 2 is 1.95 bits per heavy atom. The highest BCUT2D eigenvalue weighted by molar-refractivity contribution is 5.75. The lowest BCUT2D eigenvalue weighted by Crippen LogP contribution is -2.22. The summed E-state index contributed by atoms with van der Waals surface area (Å²) in [5.41, 5.74) is 1.13. The molecule has 3 nitrogen and oxygen atoms in total. The van der Waals surface area contributed by atoms with Crippen LogP contribution in [0, 0.1) is 0 Å². The van der Waals surface area contributed by atoms with E-state index in [1.54, 1.807) is 0 Å². The third kappa shape index (κ3) is 5.16. The molecule has 0 atom stereocenters. The Hall–Kier alpha value is -1.77. The van der Waals surface area contributed by atoms with Gasteiger partial charge in [-0.3, -0.25) is 0 Å². The normalized spacial score (nSPS) is 11.2. The molecule has 0 spiro atoms. The predicted octanol–water partition coefficient (Wildman–Crippen LogP) is 3.51. The molecular formula is C16H25N2O+. The topological polar surface area (TPSA) is 15.5 Å². The molecule has 0 saturated heterocycles. The van der Waals surface area contributed by atoms with Crippen LogP contribution >= 0.6 is 0 Å². The number of nitrogens with zero attached hydrogens (tertiary/aromatic N) is 2. The molecule has 0 fully saturated rings. The van der Waals surface area contributed by atoms with Gasteiger partial charge in [-0.25, -0.2) is 9.48 Å². The number of unbranched alkanes of at least 4 members (excludes halogenated alkanes) is 1. The molecule has 0 radical (unpaired) electrons. The lowest BCUT2D eigenvalue weighted by atomic mass is 10.3. The van der Waals surface area contributed by atoms with Gasteiger partial charge in [0.05, 0.1) is 26.4 Å². The average molecular weight is 261 g/mol. The first-order valence-corrected chi connectivity index (χ1v) is 6.90. The third-order valence-corrected chi connectivity index (χ3v) is 2.88. The highest BCUT2D eigenvalue weighted by atomic mass is 16.5. The van der Waals surface area contributed by atoms with Crippen molar-refractivity contribution in [1.29, 1.82) is 0 Å². The predicted molar refractivity (Wildman–Crippen MR) is 82.3 cm³/mol. The van der Waals surface area contributed by atoms with Gasteiger partial charge in [0.2, 0.25) is 6.34 Å². The largest absolute Gasteiger partial charge is 0.494 e. The van der Waals surface area contributed by atoms with Gasteiger partial charge in [0.15, 0.2) is 0 Å². The number of ether oxygens (including phenoxy) is 1. The number of rotatable bonds is 8. The molecule has 0 heterocycles. The molecule has 0 aliphatic heterocycles. The Labute approximate surface area is 116 Å². The minimum Gasteiger partial charge on any atom is -0.494 e. The average Bonchev–Trinajstić information content (AvgIpc) is 2.44. The van der Waals surface area contributed by atoms with E-state index in [4.69, 9.17) is 4.74 Å². The summed E-state index contributed by atoms with van der Waals surface area (Å²) in [5, 5.41) is 0. The summed E-state index contributed by atoms with van der Waals surface area (Å²) in [4.78, 5) is 2.09. The first-order chi connectivity index (χ1) is 9.21. The summed E-state index contributed by atoms with van der Waals surface area (Å²) < 4.78 is 7.55. The second-order valence-corrected chi connectivity index (χ2v) is 4.43. The van der Waals surface area contributed by atoms with E-state index in [1.165, 1.54) is 12.8 Å². The second-order valence-electron chi connectivity index (χ2n) is 4.43. The smallest absolute Gasteiger partial charge is 0.243 e. The van der Waals surface area contributed by atoms with Crippen LogP contribution < -0.4 is 9.64 Å². The molecule has 0 saturated carbocycles. The Bertz CT molecular complexity index is 409. The van der Waals surface area contributed by atoms with Gasteiger partial charge in [-0.05, 0) is 37.6 Å². The fourth-order valence-corrected chi connectivity index (χ4v) is 1.77. The fourth-order valence-electron chi connectivity index (χ4n) is 1.77. The van der Waals surface area contributed by atoms with Gasteiger partial charge in [-0.15, -0.1) is 0 Å². The molecule has 0 aliphatic carbocycles. The van der Waals surface area contributed by atoms with Crippen molar-refractivity contribution in [3.05, 3.63) is 37.0 Å². The van der Waals surface area contributed by atoms with Gasteiger partial charge in [-0.1, -0.05) is 19.9 Å². The van der Waals surface area contributed by atoms with Crippen molar-refractivity contribution in [2.75, 3.05) is 25.1 Å². The molecule has 0 aromatic heterocycles.